The van der Waals surface area contributed by atoms with Crippen LogP contribution in [0.5, 0.6) is 0 Å². The molecule has 0 unspecified atom stereocenters. The first-order chi connectivity index (χ1) is 17.1. The summed E-state index contributed by atoms with van der Waals surface area (Å²) in [6.07, 6.45) is 0. The molecule has 9 nitrogen and oxygen atoms in total. The van der Waals surface area contributed by atoms with E-state index in [9.17, 15) is 14.4 Å². The second-order valence-corrected chi connectivity index (χ2v) is 9.84. The fraction of sp³-hybridized carbons (Fsp3) is 0.269. The molecular weight excluding hydrogens is 476 g/mol. The molecule has 0 aliphatic rings. The van der Waals surface area contributed by atoms with Crippen molar-refractivity contribution in [2.75, 3.05) is 11.5 Å². The number of aromatic nitrogens is 5. The predicted molar refractivity (Wildman–Crippen MR) is 142 cm³/mol. The molecule has 0 atom stereocenters. The topological polar surface area (TPSA) is 118 Å². The monoisotopic (exact) mass is 504 g/mol. The van der Waals surface area contributed by atoms with Gasteiger partial charge in [0.25, 0.3) is 5.56 Å². The largest absolute Gasteiger partial charge is 0.384 e. The van der Waals surface area contributed by atoms with Gasteiger partial charge in [-0.2, -0.15) is 0 Å². The molecule has 4 aromatic rings. The maximum Gasteiger partial charge on any atom is 0.332 e. The first-order valence-corrected chi connectivity index (χ1v) is 12.4. The van der Waals surface area contributed by atoms with Crippen molar-refractivity contribution in [3.8, 4) is 17.1 Å². The predicted octanol–water partition coefficient (Wildman–Crippen LogP) is 3.32. The standard InChI is InChI=1S/C26H28N6O3S/c1-15(2)18-8-6-7-9-19(18)32-23(17-12-10-16(3)11-13-17)28-29-25(32)36-14-20(33)21-22(27)30(4)26(35)31(5)24(21)34/h6-13,15H,14,27H2,1-5H3. The van der Waals surface area contributed by atoms with Gasteiger partial charge < -0.3 is 5.73 Å². The fourth-order valence-corrected chi connectivity index (χ4v) is 4.79. The molecule has 10 heteroatoms. The number of carbonyl (C=O) groups excluding carboxylic acids is 1. The van der Waals surface area contributed by atoms with Gasteiger partial charge in [0.15, 0.2) is 16.8 Å². The van der Waals surface area contributed by atoms with Gasteiger partial charge in [0.05, 0.1) is 11.4 Å². The van der Waals surface area contributed by atoms with Crippen molar-refractivity contribution in [3.63, 3.8) is 0 Å². The van der Waals surface area contributed by atoms with Gasteiger partial charge in [0.1, 0.15) is 11.4 Å². The average Bonchev–Trinajstić information content (AvgIpc) is 3.29. The van der Waals surface area contributed by atoms with Crippen LogP contribution in [0, 0.1) is 6.92 Å². The first-order valence-electron chi connectivity index (χ1n) is 11.4. The maximum atomic E-state index is 13.1. The Morgan fingerprint density at radius 2 is 1.67 bits per heavy atom. The summed E-state index contributed by atoms with van der Waals surface area (Å²) in [4.78, 5) is 37.9. The number of hydrogen-bond acceptors (Lipinski definition) is 7. The summed E-state index contributed by atoms with van der Waals surface area (Å²) in [6.45, 7) is 6.25. The number of rotatable bonds is 7. The molecule has 0 bridgehead atoms. The Labute approximate surface area is 212 Å². The number of para-hydroxylation sites is 1. The van der Waals surface area contributed by atoms with Gasteiger partial charge in [-0.3, -0.25) is 23.3 Å². The van der Waals surface area contributed by atoms with Gasteiger partial charge in [0.2, 0.25) is 0 Å². The third-order valence-electron chi connectivity index (χ3n) is 6.06. The number of nitrogens with zero attached hydrogens (tertiary/aromatic N) is 5. The lowest BCUT2D eigenvalue weighted by Crippen LogP contribution is -2.41. The van der Waals surface area contributed by atoms with Crippen LogP contribution in [0.1, 0.15) is 41.3 Å². The van der Waals surface area contributed by atoms with Crippen molar-refractivity contribution in [3.05, 3.63) is 86.1 Å². The van der Waals surface area contributed by atoms with Crippen molar-refractivity contribution in [1.82, 2.24) is 23.9 Å². The molecule has 0 amide bonds. The van der Waals surface area contributed by atoms with Crippen LogP contribution in [0.3, 0.4) is 0 Å². The Hall–Kier alpha value is -3.92. The normalized spacial score (nSPS) is 11.3. The van der Waals surface area contributed by atoms with Crippen molar-refractivity contribution < 1.29 is 4.79 Å². The molecule has 2 N–H and O–H groups in total. The summed E-state index contributed by atoms with van der Waals surface area (Å²) in [7, 11) is 2.75. The number of benzene rings is 2. The van der Waals surface area contributed by atoms with E-state index in [-0.39, 0.29) is 23.1 Å². The van der Waals surface area contributed by atoms with Crippen molar-refractivity contribution in [2.45, 2.75) is 31.8 Å². The van der Waals surface area contributed by atoms with Crippen LogP contribution in [0.25, 0.3) is 17.1 Å². The molecule has 36 heavy (non-hydrogen) atoms. The zero-order valence-electron chi connectivity index (χ0n) is 20.8. The van der Waals surface area contributed by atoms with E-state index in [1.54, 1.807) is 0 Å². The Morgan fingerprint density at radius 1 is 1.00 bits per heavy atom. The van der Waals surface area contributed by atoms with Crippen molar-refractivity contribution in [2.24, 2.45) is 14.1 Å². The van der Waals surface area contributed by atoms with E-state index in [0.717, 1.165) is 31.5 Å². The molecule has 0 aliphatic carbocycles. The number of ketones is 1. The van der Waals surface area contributed by atoms with Gasteiger partial charge in [0, 0.05) is 19.7 Å². The number of anilines is 1. The maximum absolute atomic E-state index is 13.1. The molecule has 0 fully saturated rings. The minimum Gasteiger partial charge on any atom is -0.384 e. The summed E-state index contributed by atoms with van der Waals surface area (Å²) in [5, 5.41) is 9.38. The summed E-state index contributed by atoms with van der Waals surface area (Å²) in [5.41, 5.74) is 8.51. The molecule has 2 heterocycles. The van der Waals surface area contributed by atoms with Crippen LogP contribution in [0.2, 0.25) is 0 Å². The number of thioether (sulfide) groups is 1. The van der Waals surface area contributed by atoms with Gasteiger partial charge in [-0.25, -0.2) is 4.79 Å². The summed E-state index contributed by atoms with van der Waals surface area (Å²) in [6, 6.07) is 16.0. The lowest BCUT2D eigenvalue weighted by atomic mass is 10.0. The molecule has 2 aromatic carbocycles. The van der Waals surface area contributed by atoms with E-state index in [4.69, 9.17) is 5.73 Å². The van der Waals surface area contributed by atoms with Crippen LogP contribution >= 0.6 is 11.8 Å². The third kappa shape index (κ3) is 4.51. The lowest BCUT2D eigenvalue weighted by Gasteiger charge is -2.17. The smallest absolute Gasteiger partial charge is 0.332 e. The van der Waals surface area contributed by atoms with Crippen LogP contribution in [0.4, 0.5) is 5.82 Å². The van der Waals surface area contributed by atoms with E-state index in [0.29, 0.717) is 11.0 Å². The van der Waals surface area contributed by atoms with E-state index in [1.165, 1.54) is 25.9 Å². The zero-order chi connectivity index (χ0) is 26.1. The van der Waals surface area contributed by atoms with Gasteiger partial charge in [-0.1, -0.05) is 73.6 Å². The Morgan fingerprint density at radius 3 is 2.33 bits per heavy atom. The summed E-state index contributed by atoms with van der Waals surface area (Å²) < 4.78 is 3.92. The van der Waals surface area contributed by atoms with Crippen LogP contribution in [-0.4, -0.2) is 35.4 Å². The average molecular weight is 505 g/mol. The minimum atomic E-state index is -0.715. The van der Waals surface area contributed by atoms with E-state index in [2.05, 4.69) is 30.1 Å². The van der Waals surface area contributed by atoms with Crippen LogP contribution in [-0.2, 0) is 14.1 Å². The third-order valence-corrected chi connectivity index (χ3v) is 6.99. The highest BCUT2D eigenvalue weighted by atomic mass is 32.2. The first kappa shape index (κ1) is 25.2. The Kier molecular flexibility index (Phi) is 6.98. The molecular formula is C26H28N6O3S. The van der Waals surface area contributed by atoms with Gasteiger partial charge in [-0.15, -0.1) is 10.2 Å². The number of hydrogen-bond donors (Lipinski definition) is 1. The summed E-state index contributed by atoms with van der Waals surface area (Å²) >= 11 is 1.17. The van der Waals surface area contributed by atoms with Crippen LogP contribution < -0.4 is 17.0 Å². The molecule has 0 aliphatic heterocycles. The quantitative estimate of drug-likeness (QED) is 0.303. The SMILES string of the molecule is Cc1ccc(-c2nnc(SCC(=O)c3c(N)n(C)c(=O)n(C)c3=O)n2-c2ccccc2C(C)C)cc1. The van der Waals surface area contributed by atoms with Gasteiger partial charge >= 0.3 is 5.69 Å². The molecule has 186 valence electrons. The van der Waals surface area contributed by atoms with Crippen molar-refractivity contribution in [1.29, 1.82) is 0 Å². The van der Waals surface area contributed by atoms with Crippen LogP contribution in [0.15, 0.2) is 63.3 Å². The Balaban J connectivity index is 1.79. The second-order valence-electron chi connectivity index (χ2n) is 8.90. The number of aryl methyl sites for hydroxylation is 1. The highest BCUT2D eigenvalue weighted by Crippen LogP contribution is 2.32. The molecule has 0 spiro atoms. The Bertz CT molecular complexity index is 1560. The fourth-order valence-electron chi connectivity index (χ4n) is 3.97. The van der Waals surface area contributed by atoms with E-state index in [1.807, 2.05) is 54.0 Å². The summed E-state index contributed by atoms with van der Waals surface area (Å²) in [5.74, 6) is 0.143. The van der Waals surface area contributed by atoms with Crippen molar-refractivity contribution >= 4 is 23.4 Å². The number of nitrogen functional groups attached to an aromatic ring is 1. The number of carbonyl (C=O) groups is 1. The molecule has 4 rings (SSSR count). The highest BCUT2D eigenvalue weighted by Gasteiger charge is 2.23. The lowest BCUT2D eigenvalue weighted by molar-refractivity contribution is 0.102. The van der Waals surface area contributed by atoms with E-state index >= 15 is 0 Å². The minimum absolute atomic E-state index is 0.104. The highest BCUT2D eigenvalue weighted by molar-refractivity contribution is 7.99. The number of nitrogens with two attached hydrogens (primary N) is 1. The number of Topliss-reactive ketones (excluding diaryl/α,β-unsaturated/α-hetero) is 1. The molecule has 0 saturated heterocycles. The molecule has 0 saturated carbocycles. The molecule has 0 radical (unpaired) electrons. The molecule has 2 aromatic heterocycles. The second kappa shape index (κ2) is 9.98. The van der Waals surface area contributed by atoms with E-state index < -0.39 is 17.0 Å². The zero-order valence-corrected chi connectivity index (χ0v) is 21.7. The van der Waals surface area contributed by atoms with Gasteiger partial charge in [-0.05, 0) is 24.5 Å².